The molecular formula is C18H22N4O. The number of fused-ring (bicyclic) bond motifs is 1. The van der Waals surface area contributed by atoms with Crippen molar-refractivity contribution in [3.8, 4) is 11.3 Å². The molecule has 120 valence electrons. The Kier molecular flexibility index (Phi) is 3.87. The number of amides is 1. The molecule has 2 aliphatic rings. The van der Waals surface area contributed by atoms with Crippen molar-refractivity contribution in [1.82, 2.24) is 20.0 Å². The highest BCUT2D eigenvalue weighted by molar-refractivity contribution is 5.93. The maximum absolute atomic E-state index is 12.8. The first-order chi connectivity index (χ1) is 11.3. The zero-order valence-corrected chi connectivity index (χ0v) is 13.2. The molecule has 2 fully saturated rings. The molecule has 2 saturated heterocycles. The smallest absolute Gasteiger partial charge is 0.271 e. The fourth-order valence-corrected chi connectivity index (χ4v) is 3.70. The van der Waals surface area contributed by atoms with E-state index in [4.69, 9.17) is 0 Å². The van der Waals surface area contributed by atoms with Gasteiger partial charge in [0.2, 0.25) is 0 Å². The number of nitrogens with one attached hydrogen (secondary N) is 1. The Bertz CT molecular complexity index is 681. The molecule has 1 aromatic heterocycles. The third-order valence-electron chi connectivity index (χ3n) is 5.00. The Morgan fingerprint density at radius 2 is 2.00 bits per heavy atom. The van der Waals surface area contributed by atoms with Crippen LogP contribution in [0.5, 0.6) is 0 Å². The summed E-state index contributed by atoms with van der Waals surface area (Å²) in [5.74, 6) is 0.0740. The van der Waals surface area contributed by atoms with E-state index in [1.165, 1.54) is 25.8 Å². The van der Waals surface area contributed by atoms with E-state index in [9.17, 15) is 4.79 Å². The lowest BCUT2D eigenvalue weighted by atomic mass is 9.99. The second-order valence-corrected chi connectivity index (χ2v) is 6.47. The number of aromatic amines is 1. The van der Waals surface area contributed by atoms with Crippen molar-refractivity contribution in [2.45, 2.75) is 25.3 Å². The minimum Gasteiger partial charge on any atom is -0.334 e. The van der Waals surface area contributed by atoms with Crippen molar-refractivity contribution in [3.63, 3.8) is 0 Å². The van der Waals surface area contributed by atoms with Crippen molar-refractivity contribution in [2.75, 3.05) is 26.2 Å². The molecule has 1 aromatic carbocycles. The molecule has 0 unspecified atom stereocenters. The Morgan fingerprint density at radius 1 is 1.13 bits per heavy atom. The van der Waals surface area contributed by atoms with Crippen molar-refractivity contribution < 1.29 is 4.79 Å². The van der Waals surface area contributed by atoms with Gasteiger partial charge >= 0.3 is 0 Å². The molecule has 1 amide bonds. The third-order valence-corrected chi connectivity index (χ3v) is 5.00. The first-order valence-electron chi connectivity index (χ1n) is 8.45. The van der Waals surface area contributed by atoms with Crippen LogP contribution in [0.2, 0.25) is 0 Å². The van der Waals surface area contributed by atoms with Gasteiger partial charge in [0, 0.05) is 31.2 Å². The lowest BCUT2D eigenvalue weighted by Gasteiger charge is -2.43. The Labute approximate surface area is 136 Å². The molecule has 0 saturated carbocycles. The lowest BCUT2D eigenvalue weighted by Crippen LogP contribution is -2.56. The summed E-state index contributed by atoms with van der Waals surface area (Å²) >= 11 is 0. The number of carbonyl (C=O) groups excluding carboxylic acids is 1. The summed E-state index contributed by atoms with van der Waals surface area (Å²) in [4.78, 5) is 17.3. The topological polar surface area (TPSA) is 52.2 Å². The highest BCUT2D eigenvalue weighted by Gasteiger charge is 2.31. The SMILES string of the molecule is O=C(c1cc(-c2ccccc2)n[nH]1)N1CCN2CCCC[C@H]2C1. The molecule has 5 heteroatoms. The van der Waals surface area contributed by atoms with Crippen molar-refractivity contribution >= 4 is 5.91 Å². The summed E-state index contributed by atoms with van der Waals surface area (Å²) in [6, 6.07) is 12.4. The van der Waals surface area contributed by atoms with E-state index in [2.05, 4.69) is 15.1 Å². The highest BCUT2D eigenvalue weighted by atomic mass is 16.2. The van der Waals surface area contributed by atoms with Crippen molar-refractivity contribution in [3.05, 3.63) is 42.1 Å². The lowest BCUT2D eigenvalue weighted by molar-refractivity contribution is 0.0368. The van der Waals surface area contributed by atoms with E-state index in [-0.39, 0.29) is 5.91 Å². The number of benzene rings is 1. The molecule has 1 N–H and O–H groups in total. The molecule has 0 spiro atoms. The van der Waals surface area contributed by atoms with Gasteiger partial charge in [-0.1, -0.05) is 36.8 Å². The molecule has 2 aromatic rings. The summed E-state index contributed by atoms with van der Waals surface area (Å²) in [6.07, 6.45) is 3.79. The number of piperidine rings is 1. The van der Waals surface area contributed by atoms with E-state index >= 15 is 0 Å². The van der Waals surface area contributed by atoms with Gasteiger partial charge < -0.3 is 4.90 Å². The molecule has 2 aliphatic heterocycles. The van der Waals surface area contributed by atoms with Gasteiger partial charge in [-0.2, -0.15) is 5.10 Å². The van der Waals surface area contributed by atoms with Crippen LogP contribution in [0.4, 0.5) is 0 Å². The monoisotopic (exact) mass is 310 g/mol. The van der Waals surface area contributed by atoms with Crippen LogP contribution in [0, 0.1) is 0 Å². The maximum Gasteiger partial charge on any atom is 0.271 e. The summed E-state index contributed by atoms with van der Waals surface area (Å²) in [5, 5.41) is 7.22. The molecule has 4 rings (SSSR count). The number of piperazine rings is 1. The largest absolute Gasteiger partial charge is 0.334 e. The fourth-order valence-electron chi connectivity index (χ4n) is 3.70. The first-order valence-corrected chi connectivity index (χ1v) is 8.45. The third kappa shape index (κ3) is 2.88. The van der Waals surface area contributed by atoms with Gasteiger partial charge in [0.25, 0.3) is 5.91 Å². The second kappa shape index (κ2) is 6.16. The van der Waals surface area contributed by atoms with Gasteiger partial charge in [-0.25, -0.2) is 0 Å². The minimum absolute atomic E-state index is 0.0740. The van der Waals surface area contributed by atoms with Gasteiger partial charge in [-0.15, -0.1) is 0 Å². The molecule has 3 heterocycles. The first kappa shape index (κ1) is 14.5. The van der Waals surface area contributed by atoms with Crippen LogP contribution < -0.4 is 0 Å². The van der Waals surface area contributed by atoms with Crippen LogP contribution in [-0.4, -0.2) is 58.1 Å². The van der Waals surface area contributed by atoms with E-state index in [0.29, 0.717) is 11.7 Å². The zero-order valence-electron chi connectivity index (χ0n) is 13.2. The van der Waals surface area contributed by atoms with Crippen molar-refractivity contribution in [2.24, 2.45) is 0 Å². The minimum atomic E-state index is 0.0740. The van der Waals surface area contributed by atoms with E-state index in [1.54, 1.807) is 0 Å². The predicted molar refractivity (Wildman–Crippen MR) is 89.1 cm³/mol. The number of hydrogen-bond donors (Lipinski definition) is 1. The molecule has 0 aliphatic carbocycles. The van der Waals surface area contributed by atoms with Crippen LogP contribution in [0.3, 0.4) is 0 Å². The summed E-state index contributed by atoms with van der Waals surface area (Å²) in [6.45, 7) is 3.85. The highest BCUT2D eigenvalue weighted by Crippen LogP contribution is 2.23. The summed E-state index contributed by atoms with van der Waals surface area (Å²) in [7, 11) is 0. The second-order valence-electron chi connectivity index (χ2n) is 6.47. The van der Waals surface area contributed by atoms with E-state index < -0.39 is 0 Å². The van der Waals surface area contributed by atoms with E-state index in [0.717, 1.165) is 30.9 Å². The molecule has 23 heavy (non-hydrogen) atoms. The number of H-pyrrole nitrogens is 1. The average molecular weight is 310 g/mol. The maximum atomic E-state index is 12.8. The Hall–Kier alpha value is -2.14. The van der Waals surface area contributed by atoms with Gasteiger partial charge in [0.1, 0.15) is 5.69 Å². The molecule has 0 radical (unpaired) electrons. The van der Waals surface area contributed by atoms with Gasteiger partial charge in [0.15, 0.2) is 0 Å². The standard InChI is InChI=1S/C18H22N4O/c23-18(22-11-10-21-9-5-4-8-15(21)13-22)17-12-16(19-20-17)14-6-2-1-3-7-14/h1-3,6-7,12,15H,4-5,8-11,13H2,(H,19,20)/t15-/m0/s1. The number of nitrogens with zero attached hydrogens (tertiary/aromatic N) is 3. The van der Waals surface area contributed by atoms with E-state index in [1.807, 2.05) is 41.3 Å². The molecule has 0 bridgehead atoms. The Morgan fingerprint density at radius 3 is 2.87 bits per heavy atom. The predicted octanol–water partition coefficient (Wildman–Crippen LogP) is 2.39. The Balaban J connectivity index is 1.48. The number of aromatic nitrogens is 2. The van der Waals surface area contributed by atoms with Gasteiger partial charge in [0.05, 0.1) is 5.69 Å². The number of hydrogen-bond acceptors (Lipinski definition) is 3. The van der Waals surface area contributed by atoms with Crippen LogP contribution >= 0.6 is 0 Å². The zero-order chi connectivity index (χ0) is 15.6. The van der Waals surface area contributed by atoms with Crippen LogP contribution in [0.15, 0.2) is 36.4 Å². The fraction of sp³-hybridized carbons (Fsp3) is 0.444. The van der Waals surface area contributed by atoms with Crippen LogP contribution in [0.1, 0.15) is 29.8 Å². The normalized spacial score (nSPS) is 21.9. The van der Waals surface area contributed by atoms with Crippen molar-refractivity contribution in [1.29, 1.82) is 0 Å². The van der Waals surface area contributed by atoms with Crippen LogP contribution in [0.25, 0.3) is 11.3 Å². The van der Waals surface area contributed by atoms with Gasteiger partial charge in [-0.05, 0) is 25.5 Å². The van der Waals surface area contributed by atoms with Crippen LogP contribution in [-0.2, 0) is 0 Å². The summed E-state index contributed by atoms with van der Waals surface area (Å²) in [5.41, 5.74) is 2.44. The molecule has 1 atom stereocenters. The average Bonchev–Trinajstić information content (AvgIpc) is 3.11. The quantitative estimate of drug-likeness (QED) is 0.926. The molecule has 5 nitrogen and oxygen atoms in total. The number of rotatable bonds is 2. The van der Waals surface area contributed by atoms with Gasteiger partial charge in [-0.3, -0.25) is 14.8 Å². The summed E-state index contributed by atoms with van der Waals surface area (Å²) < 4.78 is 0. The molecular weight excluding hydrogens is 288 g/mol. The number of carbonyl (C=O) groups is 1.